The first-order valence-electron chi connectivity index (χ1n) is 9.63. The lowest BCUT2D eigenvalue weighted by Gasteiger charge is -2.39. The van der Waals surface area contributed by atoms with E-state index >= 15 is 0 Å². The average molecular weight is 442 g/mol. The summed E-state index contributed by atoms with van der Waals surface area (Å²) in [5.74, 6) is -0.970. The van der Waals surface area contributed by atoms with Gasteiger partial charge in [0.2, 0.25) is 5.91 Å². The number of ketones is 1. The molecule has 1 unspecified atom stereocenters. The third kappa shape index (κ3) is 3.22. The minimum absolute atomic E-state index is 0.0251. The van der Waals surface area contributed by atoms with Crippen LogP contribution in [0.3, 0.4) is 0 Å². The molecule has 4 rings (SSSR count). The predicted octanol–water partition coefficient (Wildman–Crippen LogP) is 5.68. The maximum atomic E-state index is 14.6. The molecule has 3 nitrogen and oxygen atoms in total. The summed E-state index contributed by atoms with van der Waals surface area (Å²) in [6.45, 7) is 2.05. The van der Waals surface area contributed by atoms with Gasteiger partial charge in [0.25, 0.3) is 0 Å². The van der Waals surface area contributed by atoms with E-state index in [1.165, 1.54) is 6.07 Å². The summed E-state index contributed by atoms with van der Waals surface area (Å²) < 4.78 is 15.4. The number of carbonyl (C=O) groups excluding carboxylic acids is 2. The van der Waals surface area contributed by atoms with Gasteiger partial charge in [-0.2, -0.15) is 0 Å². The van der Waals surface area contributed by atoms with E-state index in [1.54, 1.807) is 17.0 Å². The molecular formula is C23H21BrFNO2. The molecule has 2 aromatic rings. The fourth-order valence-corrected chi connectivity index (χ4v) is 4.73. The number of amides is 1. The summed E-state index contributed by atoms with van der Waals surface area (Å²) in [5, 5.41) is 0. The van der Waals surface area contributed by atoms with E-state index in [0.717, 1.165) is 27.8 Å². The van der Waals surface area contributed by atoms with Gasteiger partial charge in [-0.1, -0.05) is 41.1 Å². The number of aryl methyl sites for hydroxylation is 1. The number of para-hydroxylation sites is 1. The lowest BCUT2D eigenvalue weighted by molar-refractivity contribution is -0.119. The second-order valence-electron chi connectivity index (χ2n) is 7.27. The summed E-state index contributed by atoms with van der Waals surface area (Å²) in [6, 6.07) is 12.5. The van der Waals surface area contributed by atoms with E-state index in [4.69, 9.17) is 0 Å². The number of hydrogen-bond donors (Lipinski definition) is 0. The summed E-state index contributed by atoms with van der Waals surface area (Å²) >= 11 is 3.39. The van der Waals surface area contributed by atoms with E-state index in [-0.39, 0.29) is 23.9 Å². The molecule has 0 N–H and O–H groups in total. The van der Waals surface area contributed by atoms with Gasteiger partial charge < -0.3 is 0 Å². The van der Waals surface area contributed by atoms with Gasteiger partial charge in [0.15, 0.2) is 5.78 Å². The Balaban J connectivity index is 1.91. The lowest BCUT2D eigenvalue weighted by atomic mass is 9.77. The molecule has 2 aromatic carbocycles. The number of allylic oxidation sites excluding steroid dienone is 2. The second-order valence-corrected chi connectivity index (χ2v) is 8.19. The van der Waals surface area contributed by atoms with Crippen LogP contribution in [0.1, 0.15) is 49.7 Å². The van der Waals surface area contributed by atoms with E-state index in [1.807, 2.05) is 31.2 Å². The quantitative estimate of drug-likeness (QED) is 0.614. The zero-order valence-corrected chi connectivity index (χ0v) is 17.3. The van der Waals surface area contributed by atoms with E-state index in [9.17, 15) is 14.0 Å². The van der Waals surface area contributed by atoms with Crippen LogP contribution in [0.25, 0.3) is 0 Å². The topological polar surface area (TPSA) is 37.4 Å². The standard InChI is InChI=1S/C23H21BrFNO2/c1-2-14-6-3-4-7-19(14)26-20-8-5-9-21(27)23(20)17(13-22(26)28)16-12-15(24)10-11-18(16)25/h3-4,6-7,10-12,17H,2,5,8-9,13H2,1H3. The van der Waals surface area contributed by atoms with Crippen LogP contribution in [0.2, 0.25) is 0 Å². The number of carbonyl (C=O) groups is 2. The molecule has 5 heteroatoms. The summed E-state index contributed by atoms with van der Waals surface area (Å²) in [6.07, 6.45) is 2.69. The van der Waals surface area contributed by atoms with Crippen LogP contribution in [0.15, 0.2) is 58.2 Å². The van der Waals surface area contributed by atoms with Crippen LogP contribution in [-0.2, 0) is 16.0 Å². The molecule has 0 fully saturated rings. The zero-order chi connectivity index (χ0) is 19.8. The highest BCUT2D eigenvalue weighted by Crippen LogP contribution is 2.45. The smallest absolute Gasteiger partial charge is 0.232 e. The Morgan fingerprint density at radius 2 is 1.93 bits per heavy atom. The Bertz CT molecular complexity index is 998. The molecule has 0 aromatic heterocycles. The number of Topliss-reactive ketones (excluding diaryl/α,β-unsaturated/α-hetero) is 1. The number of anilines is 1. The van der Waals surface area contributed by atoms with Crippen molar-refractivity contribution in [2.75, 3.05) is 4.90 Å². The number of nitrogens with zero attached hydrogens (tertiary/aromatic N) is 1. The van der Waals surface area contributed by atoms with Gasteiger partial charge in [0.1, 0.15) is 5.82 Å². The first-order chi connectivity index (χ1) is 13.5. The summed E-state index contributed by atoms with van der Waals surface area (Å²) in [5.41, 5.74) is 3.67. The van der Waals surface area contributed by atoms with Crippen molar-refractivity contribution in [3.8, 4) is 0 Å². The van der Waals surface area contributed by atoms with Crippen LogP contribution < -0.4 is 4.90 Å². The zero-order valence-electron chi connectivity index (χ0n) is 15.7. The van der Waals surface area contributed by atoms with Crippen LogP contribution in [0.4, 0.5) is 10.1 Å². The highest BCUT2D eigenvalue weighted by atomic mass is 79.9. The van der Waals surface area contributed by atoms with Crippen molar-refractivity contribution in [1.29, 1.82) is 0 Å². The van der Waals surface area contributed by atoms with Gasteiger partial charge in [-0.3, -0.25) is 14.5 Å². The Kier molecular flexibility index (Phi) is 5.19. The van der Waals surface area contributed by atoms with E-state index in [0.29, 0.717) is 30.4 Å². The first-order valence-corrected chi connectivity index (χ1v) is 10.4. The first kappa shape index (κ1) is 19.1. The number of hydrogen-bond acceptors (Lipinski definition) is 2. The van der Waals surface area contributed by atoms with E-state index in [2.05, 4.69) is 15.9 Å². The molecule has 144 valence electrons. The SMILES string of the molecule is CCc1ccccc1N1C(=O)CC(c2cc(Br)ccc2F)C2=C1CCCC2=O. The molecule has 1 heterocycles. The van der Waals surface area contributed by atoms with Gasteiger partial charge in [-0.25, -0.2) is 4.39 Å². The maximum Gasteiger partial charge on any atom is 0.232 e. The van der Waals surface area contributed by atoms with Crippen LogP contribution in [0, 0.1) is 5.82 Å². The van der Waals surface area contributed by atoms with Crippen molar-refractivity contribution in [3.63, 3.8) is 0 Å². The number of halogens is 2. The van der Waals surface area contributed by atoms with Crippen molar-refractivity contribution >= 4 is 33.3 Å². The average Bonchev–Trinajstić information content (AvgIpc) is 2.69. The van der Waals surface area contributed by atoms with Crippen LogP contribution in [-0.4, -0.2) is 11.7 Å². The lowest BCUT2D eigenvalue weighted by Crippen LogP contribution is -2.41. The van der Waals surface area contributed by atoms with Crippen LogP contribution >= 0.6 is 15.9 Å². The Morgan fingerprint density at radius 3 is 2.71 bits per heavy atom. The van der Waals surface area contributed by atoms with Crippen molar-refractivity contribution in [3.05, 3.63) is 75.2 Å². The van der Waals surface area contributed by atoms with Crippen LogP contribution in [0.5, 0.6) is 0 Å². The largest absolute Gasteiger partial charge is 0.294 e. The Hall–Kier alpha value is -2.27. The normalized spacial score (nSPS) is 19.8. The summed E-state index contributed by atoms with van der Waals surface area (Å²) in [7, 11) is 0. The monoisotopic (exact) mass is 441 g/mol. The van der Waals surface area contributed by atoms with Gasteiger partial charge in [0.05, 0.1) is 5.69 Å². The molecule has 1 aliphatic heterocycles. The molecule has 0 radical (unpaired) electrons. The van der Waals surface area contributed by atoms with Crippen molar-refractivity contribution in [2.45, 2.75) is 44.9 Å². The fraction of sp³-hybridized carbons (Fsp3) is 0.304. The minimum atomic E-state index is -0.530. The molecule has 0 saturated heterocycles. The molecule has 0 bridgehead atoms. The van der Waals surface area contributed by atoms with Gasteiger partial charge in [-0.15, -0.1) is 0 Å². The van der Waals surface area contributed by atoms with Crippen molar-refractivity contribution in [2.24, 2.45) is 0 Å². The molecule has 1 aliphatic carbocycles. The van der Waals surface area contributed by atoms with Crippen molar-refractivity contribution in [1.82, 2.24) is 0 Å². The highest BCUT2D eigenvalue weighted by Gasteiger charge is 2.41. The molecule has 0 saturated carbocycles. The minimum Gasteiger partial charge on any atom is -0.294 e. The second kappa shape index (κ2) is 7.63. The molecular weight excluding hydrogens is 421 g/mol. The highest BCUT2D eigenvalue weighted by molar-refractivity contribution is 9.10. The Labute approximate surface area is 172 Å². The molecule has 1 atom stereocenters. The molecule has 0 spiro atoms. The Morgan fingerprint density at radius 1 is 1.14 bits per heavy atom. The predicted molar refractivity (Wildman–Crippen MR) is 111 cm³/mol. The fourth-order valence-electron chi connectivity index (χ4n) is 4.35. The van der Waals surface area contributed by atoms with Crippen molar-refractivity contribution < 1.29 is 14.0 Å². The molecule has 1 amide bonds. The van der Waals surface area contributed by atoms with Gasteiger partial charge in [-0.05, 0) is 54.7 Å². The third-order valence-corrected chi connectivity index (χ3v) is 6.12. The third-order valence-electron chi connectivity index (χ3n) is 5.62. The molecule has 2 aliphatic rings. The maximum absolute atomic E-state index is 14.6. The van der Waals surface area contributed by atoms with E-state index < -0.39 is 5.92 Å². The summed E-state index contributed by atoms with van der Waals surface area (Å²) in [4.78, 5) is 27.9. The number of rotatable bonds is 3. The van der Waals surface area contributed by atoms with Gasteiger partial charge >= 0.3 is 0 Å². The number of benzene rings is 2. The molecule has 28 heavy (non-hydrogen) atoms. The van der Waals surface area contributed by atoms with Gasteiger partial charge in [0, 0.05) is 34.5 Å².